The van der Waals surface area contributed by atoms with Crippen molar-refractivity contribution in [1.82, 2.24) is 0 Å². The maximum atomic E-state index is 14.6. The molecule has 166 valence electrons. The van der Waals surface area contributed by atoms with Gasteiger partial charge in [0.1, 0.15) is 17.6 Å². The molecule has 4 unspecified atom stereocenters. The average Bonchev–Trinajstić information content (AvgIpc) is 3.52. The van der Waals surface area contributed by atoms with Crippen molar-refractivity contribution in [2.24, 2.45) is 0 Å². The van der Waals surface area contributed by atoms with Crippen molar-refractivity contribution in [3.63, 3.8) is 0 Å². The smallest absolute Gasteiger partial charge is 0.444 e. The van der Waals surface area contributed by atoms with Crippen LogP contribution in [0.15, 0.2) is 36.4 Å². The molecule has 2 aromatic carbocycles. The van der Waals surface area contributed by atoms with Crippen LogP contribution in [0.2, 0.25) is 0 Å². The molecule has 0 bridgehead atoms. The maximum absolute atomic E-state index is 14.6. The Balaban J connectivity index is 1.51. The summed E-state index contributed by atoms with van der Waals surface area (Å²) in [7, 11) is 3.43. The highest BCUT2D eigenvalue weighted by Gasteiger charge is 2.56. The monoisotopic (exact) mass is 434 g/mol. The minimum atomic E-state index is -3.74. The minimum absolute atomic E-state index is 0.0901. The van der Waals surface area contributed by atoms with Gasteiger partial charge in [0.15, 0.2) is 5.75 Å². The van der Waals surface area contributed by atoms with Crippen molar-refractivity contribution in [3.05, 3.63) is 42.0 Å². The molecule has 0 radical (unpaired) electrons. The van der Waals surface area contributed by atoms with Crippen molar-refractivity contribution in [1.29, 1.82) is 0 Å². The number of rotatable bonds is 4. The quantitative estimate of drug-likeness (QED) is 0.742. The van der Waals surface area contributed by atoms with E-state index < -0.39 is 18.6 Å². The molecule has 0 aliphatic carbocycles. The molecule has 0 amide bonds. The van der Waals surface area contributed by atoms with Crippen molar-refractivity contribution in [2.45, 2.75) is 44.1 Å². The third-order valence-corrected chi connectivity index (χ3v) is 6.13. The summed E-state index contributed by atoms with van der Waals surface area (Å²) in [6.07, 6.45) is -6.15. The molecule has 0 aromatic heterocycles. The molecule has 1 N–H and O–H groups in total. The molecule has 3 aliphatic rings. The summed E-state index contributed by atoms with van der Waals surface area (Å²) >= 11 is 0. The molecular formula is C22H24F2N2O5. The van der Waals surface area contributed by atoms with Crippen molar-refractivity contribution >= 4 is 11.4 Å². The van der Waals surface area contributed by atoms with E-state index in [1.54, 1.807) is 31.4 Å². The highest BCUT2D eigenvalue weighted by atomic mass is 19.3. The Morgan fingerprint density at radius 1 is 1.19 bits per heavy atom. The molecule has 1 fully saturated rings. The number of aryl methyl sites for hydroxylation is 1. The molecule has 3 aliphatic heterocycles. The first-order valence-corrected chi connectivity index (χ1v) is 10.2. The fourth-order valence-electron chi connectivity index (χ4n) is 4.33. The molecule has 7 nitrogen and oxygen atoms in total. The van der Waals surface area contributed by atoms with E-state index in [0.717, 1.165) is 5.69 Å². The maximum Gasteiger partial charge on any atom is 0.444 e. The topological polar surface area (TPSA) is 66.9 Å². The lowest BCUT2D eigenvalue weighted by Crippen LogP contribution is -2.58. The second-order valence-corrected chi connectivity index (χ2v) is 7.91. The summed E-state index contributed by atoms with van der Waals surface area (Å²) < 4.78 is 51.1. The van der Waals surface area contributed by atoms with Crippen LogP contribution in [0.1, 0.15) is 12.5 Å². The molecule has 1 saturated heterocycles. The van der Waals surface area contributed by atoms with E-state index in [2.05, 4.69) is 0 Å². The van der Waals surface area contributed by atoms with E-state index in [-0.39, 0.29) is 24.4 Å². The van der Waals surface area contributed by atoms with E-state index in [9.17, 15) is 13.9 Å². The van der Waals surface area contributed by atoms with E-state index >= 15 is 0 Å². The van der Waals surface area contributed by atoms with Gasteiger partial charge in [-0.2, -0.15) is 8.78 Å². The number of likely N-dealkylation sites (N-methyl/N-ethyl adjacent to an activating group) is 1. The number of nitrogens with zero attached hydrogens (tertiary/aromatic N) is 2. The Bertz CT molecular complexity index is 1000. The number of alkyl halides is 2. The largest absolute Gasteiger partial charge is 0.497 e. The van der Waals surface area contributed by atoms with E-state index in [1.807, 2.05) is 31.0 Å². The predicted octanol–water partition coefficient (Wildman–Crippen LogP) is 2.99. The second kappa shape index (κ2) is 7.13. The molecular weight excluding hydrogens is 410 g/mol. The molecule has 3 heterocycles. The summed E-state index contributed by atoms with van der Waals surface area (Å²) in [5, 5.41) is 10.5. The number of fused-ring (bicyclic) bond motifs is 3. The van der Waals surface area contributed by atoms with Gasteiger partial charge in [0, 0.05) is 19.7 Å². The third-order valence-electron chi connectivity index (χ3n) is 6.13. The fraction of sp³-hybridized carbons (Fsp3) is 0.455. The van der Waals surface area contributed by atoms with Crippen molar-refractivity contribution < 1.29 is 32.8 Å². The van der Waals surface area contributed by atoms with Gasteiger partial charge in [-0.25, -0.2) is 0 Å². The van der Waals surface area contributed by atoms with Crippen LogP contribution < -0.4 is 24.0 Å². The summed E-state index contributed by atoms with van der Waals surface area (Å²) in [6, 6.07) is 10.3. The zero-order valence-corrected chi connectivity index (χ0v) is 17.4. The first-order valence-electron chi connectivity index (χ1n) is 10.2. The Morgan fingerprint density at radius 2 is 2.00 bits per heavy atom. The lowest BCUT2D eigenvalue weighted by atomic mass is 10.1. The van der Waals surface area contributed by atoms with Gasteiger partial charge in [-0.15, -0.1) is 0 Å². The summed E-state index contributed by atoms with van der Waals surface area (Å²) in [5.41, 5.74) is 1.88. The van der Waals surface area contributed by atoms with Crippen LogP contribution in [0.4, 0.5) is 20.2 Å². The number of hydrogen-bond acceptors (Lipinski definition) is 7. The van der Waals surface area contributed by atoms with Gasteiger partial charge < -0.3 is 33.9 Å². The van der Waals surface area contributed by atoms with Gasteiger partial charge in [0.25, 0.3) is 0 Å². The zero-order chi connectivity index (χ0) is 21.9. The minimum Gasteiger partial charge on any atom is -0.497 e. The summed E-state index contributed by atoms with van der Waals surface area (Å²) in [6.45, 7) is 1.96. The van der Waals surface area contributed by atoms with Crippen LogP contribution >= 0.6 is 0 Å². The molecule has 0 saturated carbocycles. The molecule has 5 rings (SSSR count). The van der Waals surface area contributed by atoms with Crippen molar-refractivity contribution in [3.8, 4) is 17.2 Å². The third kappa shape index (κ3) is 3.23. The van der Waals surface area contributed by atoms with E-state index in [1.165, 1.54) is 4.90 Å². The SMILES string of the molecule is CCc1cccc2c1OC(F)(F)C(O)N2CC1C2OC2Oc2cc(OC)ccc2N1C. The number of epoxide rings is 1. The molecule has 0 spiro atoms. The van der Waals surface area contributed by atoms with E-state index in [4.69, 9.17) is 18.9 Å². The number of methoxy groups -OCH3 is 1. The predicted molar refractivity (Wildman–Crippen MR) is 109 cm³/mol. The Labute approximate surface area is 178 Å². The summed E-state index contributed by atoms with van der Waals surface area (Å²) in [4.78, 5) is 3.24. The average molecular weight is 434 g/mol. The fourth-order valence-corrected chi connectivity index (χ4v) is 4.33. The Hall–Kier alpha value is -2.78. The van der Waals surface area contributed by atoms with Crippen LogP contribution in [-0.4, -0.2) is 56.6 Å². The first-order chi connectivity index (χ1) is 14.8. The van der Waals surface area contributed by atoms with Crippen LogP contribution in [0.3, 0.4) is 0 Å². The van der Waals surface area contributed by atoms with Crippen LogP contribution in [0.25, 0.3) is 0 Å². The number of hydrogen-bond donors (Lipinski definition) is 1. The number of halogens is 2. The highest BCUT2D eigenvalue weighted by Crippen LogP contribution is 2.47. The first kappa shape index (κ1) is 20.1. The number of aliphatic hydroxyl groups excluding tert-OH is 1. The number of benzene rings is 2. The van der Waals surface area contributed by atoms with Crippen molar-refractivity contribution in [2.75, 3.05) is 30.5 Å². The normalized spacial score (nSPS) is 27.8. The number of anilines is 2. The lowest BCUT2D eigenvalue weighted by Gasteiger charge is -2.43. The number of aliphatic hydroxyl groups is 1. The molecule has 4 atom stereocenters. The molecule has 9 heteroatoms. The standard InChI is InChI=1S/C22H24F2N2O5/c1-4-12-6-5-7-15-18(12)31-22(23,24)21(27)26(15)11-16-19-20(30-19)29-17-10-13(28-3)8-9-14(17)25(16)2/h5-10,16,19-21,27H,4,11H2,1-3H3. The second-order valence-electron chi connectivity index (χ2n) is 7.91. The van der Waals surface area contributed by atoms with Gasteiger partial charge in [0.05, 0.1) is 24.5 Å². The zero-order valence-electron chi connectivity index (χ0n) is 17.4. The number of ether oxygens (including phenoxy) is 4. The molecule has 2 aromatic rings. The van der Waals surface area contributed by atoms with E-state index in [0.29, 0.717) is 29.2 Å². The Morgan fingerprint density at radius 3 is 2.74 bits per heavy atom. The Kier molecular flexibility index (Phi) is 4.63. The van der Waals surface area contributed by atoms with Gasteiger partial charge in [-0.3, -0.25) is 0 Å². The van der Waals surface area contributed by atoms with Crippen LogP contribution in [0, 0.1) is 0 Å². The van der Waals surface area contributed by atoms with Crippen LogP contribution in [-0.2, 0) is 11.2 Å². The molecule has 31 heavy (non-hydrogen) atoms. The van der Waals surface area contributed by atoms with Gasteiger partial charge in [-0.05, 0) is 30.2 Å². The van der Waals surface area contributed by atoms with Gasteiger partial charge in [0.2, 0.25) is 12.5 Å². The summed E-state index contributed by atoms with van der Waals surface area (Å²) in [5.74, 6) is 1.34. The van der Waals surface area contributed by atoms with Gasteiger partial charge >= 0.3 is 6.11 Å². The lowest BCUT2D eigenvalue weighted by molar-refractivity contribution is -0.245. The van der Waals surface area contributed by atoms with Gasteiger partial charge in [-0.1, -0.05) is 19.1 Å². The van der Waals surface area contributed by atoms with Crippen LogP contribution in [0.5, 0.6) is 17.2 Å². The highest BCUT2D eigenvalue weighted by molar-refractivity contribution is 5.66. The number of para-hydroxylation sites is 1.